The van der Waals surface area contributed by atoms with E-state index in [2.05, 4.69) is 11.8 Å². The van der Waals surface area contributed by atoms with E-state index >= 15 is 0 Å². The van der Waals surface area contributed by atoms with Crippen LogP contribution in [-0.4, -0.2) is 46.2 Å². The van der Waals surface area contributed by atoms with Crippen molar-refractivity contribution < 1.29 is 13.9 Å². The topological polar surface area (TPSA) is 73.5 Å². The molecule has 0 bridgehead atoms. The molecule has 1 unspecified atom stereocenters. The van der Waals surface area contributed by atoms with Gasteiger partial charge >= 0.3 is 11.7 Å². The van der Waals surface area contributed by atoms with Gasteiger partial charge in [0.25, 0.3) is 5.56 Å². The molecular weight excluding hydrogens is 521 g/mol. The zero-order chi connectivity index (χ0) is 29.4. The summed E-state index contributed by atoms with van der Waals surface area (Å²) in [5.74, 6) is -0.421. The number of fused-ring (bicyclic) bond motifs is 1. The minimum atomic E-state index is -0.373. The molecule has 0 saturated heterocycles. The predicted molar refractivity (Wildman–Crippen MR) is 160 cm³/mol. The van der Waals surface area contributed by atoms with Crippen LogP contribution in [0, 0.1) is 18.7 Å². The number of carbonyl (C=O) groups is 1. The molecule has 0 spiro atoms. The number of esters is 1. The molecule has 1 heterocycles. The molecule has 218 valence electrons. The minimum absolute atomic E-state index is 0.102. The average molecular weight is 562 g/mol. The Bertz CT molecular complexity index is 1590. The van der Waals surface area contributed by atoms with Gasteiger partial charge in [-0.25, -0.2) is 14.0 Å². The van der Waals surface area contributed by atoms with Crippen LogP contribution in [0.4, 0.5) is 4.39 Å². The van der Waals surface area contributed by atoms with Gasteiger partial charge in [0.2, 0.25) is 0 Å². The van der Waals surface area contributed by atoms with E-state index in [1.807, 2.05) is 37.3 Å². The summed E-state index contributed by atoms with van der Waals surface area (Å²) in [6.45, 7) is 7.12. The Kier molecular flexibility index (Phi) is 10.5. The number of rotatable bonds is 13. The lowest BCUT2D eigenvalue weighted by Crippen LogP contribution is -2.58. The Morgan fingerprint density at radius 2 is 1.85 bits per heavy atom. The Labute approximate surface area is 240 Å². The maximum absolute atomic E-state index is 13.3. The van der Waals surface area contributed by atoms with Gasteiger partial charge in [-0.1, -0.05) is 55.3 Å². The first-order valence-corrected chi connectivity index (χ1v) is 14.5. The second-order valence-electron chi connectivity index (χ2n) is 10.9. The van der Waals surface area contributed by atoms with Crippen LogP contribution >= 0.6 is 0 Å². The third-order valence-corrected chi connectivity index (χ3v) is 7.63. The van der Waals surface area contributed by atoms with E-state index in [-0.39, 0.29) is 35.5 Å². The molecule has 2 aromatic carbocycles. The fraction of sp³-hybridized carbons (Fsp3) is 0.424. The van der Waals surface area contributed by atoms with Crippen molar-refractivity contribution in [3.63, 3.8) is 0 Å². The van der Waals surface area contributed by atoms with E-state index < -0.39 is 0 Å². The fourth-order valence-electron chi connectivity index (χ4n) is 5.41. The quantitative estimate of drug-likeness (QED) is 0.236. The normalized spacial score (nSPS) is 14.3. The standard InChI is InChI=1S/C33H40FN3O4/c1-4-17-36(19-20-41-32(39)27-10-7-8-24(2)21-27)18-6-5-9-25-13-16-30-29(22-25)31(38)37(33(40)35(30)3)23-26-11-14-28(34)15-12-26/h7-8,10-12,14-16,21-22,25H,4-6,9,13,17-20,23H2,1-3H3. The summed E-state index contributed by atoms with van der Waals surface area (Å²) < 4.78 is 21.6. The van der Waals surface area contributed by atoms with E-state index in [0.29, 0.717) is 34.8 Å². The first-order valence-electron chi connectivity index (χ1n) is 14.5. The number of carbonyl (C=O) groups excluding carboxylic acids is 1. The Balaban J connectivity index is 1.32. The highest BCUT2D eigenvalue weighted by Gasteiger charge is 2.16. The minimum Gasteiger partial charge on any atom is -0.461 e. The van der Waals surface area contributed by atoms with Gasteiger partial charge in [-0.2, -0.15) is 0 Å². The molecule has 1 atom stereocenters. The first-order chi connectivity index (χ1) is 19.8. The molecule has 41 heavy (non-hydrogen) atoms. The molecule has 0 aliphatic heterocycles. The van der Waals surface area contributed by atoms with Crippen LogP contribution in [-0.2, 0) is 18.3 Å². The number of aromatic nitrogens is 2. The molecule has 0 saturated carbocycles. The van der Waals surface area contributed by atoms with Crippen molar-refractivity contribution in [3.05, 3.63) is 102 Å². The summed E-state index contributed by atoms with van der Waals surface area (Å²) in [5, 5.41) is 1.23. The zero-order valence-corrected chi connectivity index (χ0v) is 24.3. The van der Waals surface area contributed by atoms with Crippen LogP contribution in [0.5, 0.6) is 0 Å². The van der Waals surface area contributed by atoms with Crippen molar-refractivity contribution in [1.82, 2.24) is 14.0 Å². The summed E-state index contributed by atoms with van der Waals surface area (Å²) in [4.78, 5) is 40.9. The van der Waals surface area contributed by atoms with Crippen molar-refractivity contribution in [3.8, 4) is 0 Å². The van der Waals surface area contributed by atoms with Gasteiger partial charge in [0.1, 0.15) is 12.4 Å². The molecule has 8 heteroatoms. The van der Waals surface area contributed by atoms with Gasteiger partial charge in [-0.05, 0) is 81.4 Å². The number of unbranched alkanes of at least 4 members (excludes halogenated alkanes) is 1. The smallest absolute Gasteiger partial charge is 0.338 e. The zero-order valence-electron chi connectivity index (χ0n) is 24.3. The molecule has 1 aliphatic carbocycles. The van der Waals surface area contributed by atoms with Gasteiger partial charge in [0.15, 0.2) is 0 Å². The molecule has 4 rings (SSSR count). The van der Waals surface area contributed by atoms with E-state index in [1.165, 1.54) is 21.3 Å². The summed E-state index contributed by atoms with van der Waals surface area (Å²) in [6, 6.07) is 13.3. The molecule has 0 amide bonds. The predicted octanol–water partition coefficient (Wildman–Crippen LogP) is 3.36. The number of hydrogen-bond donors (Lipinski definition) is 0. The summed E-state index contributed by atoms with van der Waals surface area (Å²) in [5.41, 5.74) is 1.63. The van der Waals surface area contributed by atoms with Crippen molar-refractivity contribution >= 4 is 18.1 Å². The van der Waals surface area contributed by atoms with Gasteiger partial charge in [0.05, 0.1) is 22.7 Å². The molecule has 1 aliphatic rings. The number of ether oxygens (including phenoxy) is 1. The Morgan fingerprint density at radius 3 is 2.59 bits per heavy atom. The summed E-state index contributed by atoms with van der Waals surface area (Å²) in [6.07, 6.45) is 8.78. The Hall–Kier alpha value is -3.78. The molecular formula is C33H40FN3O4. The van der Waals surface area contributed by atoms with Crippen LogP contribution in [0.2, 0.25) is 0 Å². The highest BCUT2D eigenvalue weighted by Crippen LogP contribution is 2.17. The molecule has 0 fully saturated rings. The van der Waals surface area contributed by atoms with Gasteiger partial charge in [-0.15, -0.1) is 0 Å². The third kappa shape index (κ3) is 7.91. The fourth-order valence-corrected chi connectivity index (χ4v) is 5.41. The van der Waals surface area contributed by atoms with Gasteiger partial charge in [-0.3, -0.25) is 18.8 Å². The number of nitrogens with zero attached hydrogens (tertiary/aromatic N) is 3. The van der Waals surface area contributed by atoms with E-state index in [4.69, 9.17) is 4.74 Å². The summed E-state index contributed by atoms with van der Waals surface area (Å²) in [7, 11) is 1.69. The van der Waals surface area contributed by atoms with Crippen molar-refractivity contribution in [2.75, 3.05) is 26.2 Å². The van der Waals surface area contributed by atoms with Gasteiger partial charge < -0.3 is 4.74 Å². The lowest BCUT2D eigenvalue weighted by atomic mass is 9.94. The summed E-state index contributed by atoms with van der Waals surface area (Å²) >= 11 is 0. The first kappa shape index (κ1) is 30.2. The lowest BCUT2D eigenvalue weighted by Gasteiger charge is -2.22. The molecule has 0 N–H and O–H groups in total. The highest BCUT2D eigenvalue weighted by molar-refractivity contribution is 5.89. The number of benzene rings is 2. The van der Waals surface area contributed by atoms with Crippen molar-refractivity contribution in [2.24, 2.45) is 13.0 Å². The molecule has 3 aromatic rings. The average Bonchev–Trinajstić information content (AvgIpc) is 2.97. The second kappa shape index (κ2) is 14.2. The van der Waals surface area contributed by atoms with Gasteiger partial charge in [0, 0.05) is 13.6 Å². The molecule has 0 radical (unpaired) electrons. The second-order valence-corrected chi connectivity index (χ2v) is 10.9. The van der Waals surface area contributed by atoms with E-state index in [0.717, 1.165) is 50.8 Å². The highest BCUT2D eigenvalue weighted by atomic mass is 19.1. The van der Waals surface area contributed by atoms with Crippen molar-refractivity contribution in [1.29, 1.82) is 0 Å². The number of aryl methyl sites for hydroxylation is 1. The molecule has 1 aromatic heterocycles. The maximum atomic E-state index is 13.3. The lowest BCUT2D eigenvalue weighted by molar-refractivity contribution is 0.0460. The van der Waals surface area contributed by atoms with Crippen LogP contribution in [0.25, 0.3) is 12.2 Å². The van der Waals surface area contributed by atoms with Crippen LogP contribution in [0.1, 0.15) is 60.5 Å². The SMILES string of the molecule is CCCN(CCCCC1C=c2c(n(C)c(=O)n(Cc3ccc(F)cc3)c2=O)=CC1)CCOC(=O)c1cccc(C)c1. The third-order valence-electron chi connectivity index (χ3n) is 7.63. The van der Waals surface area contributed by atoms with Crippen LogP contribution in [0.15, 0.2) is 58.1 Å². The largest absolute Gasteiger partial charge is 0.461 e. The monoisotopic (exact) mass is 561 g/mol. The van der Waals surface area contributed by atoms with Crippen molar-refractivity contribution in [2.45, 2.75) is 52.5 Å². The van der Waals surface area contributed by atoms with E-state index in [9.17, 15) is 18.8 Å². The van der Waals surface area contributed by atoms with Crippen LogP contribution < -0.4 is 21.8 Å². The molecule has 7 nitrogen and oxygen atoms in total. The Morgan fingerprint density at radius 1 is 1.07 bits per heavy atom. The number of hydrogen-bond acceptors (Lipinski definition) is 5. The number of halogens is 1. The maximum Gasteiger partial charge on any atom is 0.338 e. The van der Waals surface area contributed by atoms with Crippen LogP contribution in [0.3, 0.4) is 0 Å². The van der Waals surface area contributed by atoms with E-state index in [1.54, 1.807) is 25.2 Å².